The predicted octanol–water partition coefficient (Wildman–Crippen LogP) is 4.49. The average Bonchev–Trinajstić information content (AvgIpc) is 3.32. The van der Waals surface area contributed by atoms with Crippen molar-refractivity contribution < 1.29 is 4.79 Å². The lowest BCUT2D eigenvalue weighted by Gasteiger charge is -2.18. The van der Waals surface area contributed by atoms with Crippen LogP contribution in [0.4, 0.5) is 0 Å². The molecule has 0 aliphatic carbocycles. The number of hydrogen-bond acceptors (Lipinski definition) is 4. The Bertz CT molecular complexity index is 901. The molecule has 1 aromatic carbocycles. The summed E-state index contributed by atoms with van der Waals surface area (Å²) in [5, 5.41) is 6.19. The molecule has 1 aliphatic heterocycles. The first kappa shape index (κ1) is 21.6. The molecule has 3 aromatic rings. The molecule has 4 rings (SSSR count). The van der Waals surface area contributed by atoms with Crippen molar-refractivity contribution >= 4 is 53.0 Å². The first-order valence-corrected chi connectivity index (χ1v) is 9.52. The van der Waals surface area contributed by atoms with Crippen LogP contribution in [-0.4, -0.2) is 42.5 Å². The largest absolute Gasteiger partial charge is 0.338 e. The molecule has 1 N–H and O–H groups in total. The second-order valence-electron chi connectivity index (χ2n) is 6.51. The standard InChI is InChI=1S/C20H21N3OS.2ClH/c1-21-12-14-8-9-23(13-14)20(24)16-11-18(19-7-4-10-25-19)22-17-6-3-2-5-15(16)17;;/h2-7,10-11,14,21H,8-9,12-13H2,1H3;2*1H. The lowest BCUT2D eigenvalue weighted by molar-refractivity contribution is 0.0789. The minimum absolute atomic E-state index is 0. The van der Waals surface area contributed by atoms with Gasteiger partial charge in [0.25, 0.3) is 5.91 Å². The lowest BCUT2D eigenvalue weighted by Crippen LogP contribution is -2.30. The van der Waals surface area contributed by atoms with E-state index in [2.05, 4.69) is 11.4 Å². The van der Waals surface area contributed by atoms with Crippen molar-refractivity contribution in [1.82, 2.24) is 15.2 Å². The van der Waals surface area contributed by atoms with Gasteiger partial charge in [0.15, 0.2) is 0 Å². The number of amides is 1. The van der Waals surface area contributed by atoms with E-state index in [0.717, 1.165) is 53.1 Å². The maximum atomic E-state index is 13.2. The summed E-state index contributed by atoms with van der Waals surface area (Å²) in [7, 11) is 1.97. The number of nitrogens with one attached hydrogen (secondary N) is 1. The molecule has 1 unspecified atom stereocenters. The van der Waals surface area contributed by atoms with E-state index in [4.69, 9.17) is 4.98 Å². The monoisotopic (exact) mass is 423 g/mol. The van der Waals surface area contributed by atoms with Crippen LogP contribution in [0.1, 0.15) is 16.8 Å². The molecule has 7 heteroatoms. The molecule has 3 heterocycles. The third-order valence-corrected chi connectivity index (χ3v) is 5.68. The third-order valence-electron chi connectivity index (χ3n) is 4.79. The number of pyridine rings is 1. The fraction of sp³-hybridized carbons (Fsp3) is 0.300. The number of nitrogens with zero attached hydrogens (tertiary/aromatic N) is 2. The summed E-state index contributed by atoms with van der Waals surface area (Å²) in [6.45, 7) is 2.61. The highest BCUT2D eigenvalue weighted by Crippen LogP contribution is 2.29. The van der Waals surface area contributed by atoms with Gasteiger partial charge < -0.3 is 10.2 Å². The van der Waals surface area contributed by atoms with Gasteiger partial charge >= 0.3 is 0 Å². The van der Waals surface area contributed by atoms with Crippen molar-refractivity contribution in [2.75, 3.05) is 26.7 Å². The van der Waals surface area contributed by atoms with E-state index in [9.17, 15) is 4.79 Å². The zero-order valence-corrected chi connectivity index (χ0v) is 17.5. The number of carbonyl (C=O) groups is 1. The normalized spacial score (nSPS) is 16.0. The van der Waals surface area contributed by atoms with Gasteiger partial charge in [-0.05, 0) is 49.5 Å². The van der Waals surface area contributed by atoms with Crippen molar-refractivity contribution in [3.05, 3.63) is 53.4 Å². The SMILES string of the molecule is CNCC1CCN(C(=O)c2cc(-c3cccs3)nc3ccccc23)C1.Cl.Cl. The van der Waals surface area contributed by atoms with Gasteiger partial charge in [0.1, 0.15) is 0 Å². The van der Waals surface area contributed by atoms with Crippen molar-refractivity contribution in [3.63, 3.8) is 0 Å². The van der Waals surface area contributed by atoms with Crippen LogP contribution < -0.4 is 5.32 Å². The molecule has 4 nitrogen and oxygen atoms in total. The van der Waals surface area contributed by atoms with Crippen LogP contribution >= 0.6 is 36.2 Å². The highest BCUT2D eigenvalue weighted by molar-refractivity contribution is 7.13. The number of para-hydroxylation sites is 1. The molecule has 0 spiro atoms. The van der Waals surface area contributed by atoms with Gasteiger partial charge in [0.05, 0.1) is 21.7 Å². The third kappa shape index (κ3) is 4.43. The average molecular weight is 424 g/mol. The molecule has 144 valence electrons. The van der Waals surface area contributed by atoms with Gasteiger partial charge in [-0.1, -0.05) is 24.3 Å². The quantitative estimate of drug-likeness (QED) is 0.672. The second kappa shape index (κ2) is 9.51. The van der Waals surface area contributed by atoms with Crippen LogP contribution in [0.2, 0.25) is 0 Å². The Morgan fingerprint density at radius 3 is 2.81 bits per heavy atom. The Hall–Kier alpha value is -1.66. The summed E-state index contributed by atoms with van der Waals surface area (Å²) in [4.78, 5) is 21.1. The van der Waals surface area contributed by atoms with Crippen LogP contribution in [0.15, 0.2) is 47.8 Å². The molecule has 1 amide bonds. The Morgan fingerprint density at radius 2 is 2.07 bits per heavy atom. The summed E-state index contributed by atoms with van der Waals surface area (Å²) in [6.07, 6.45) is 1.06. The Kier molecular flexibility index (Phi) is 7.62. The summed E-state index contributed by atoms with van der Waals surface area (Å²) in [5.74, 6) is 0.661. The highest BCUT2D eigenvalue weighted by atomic mass is 35.5. The van der Waals surface area contributed by atoms with E-state index < -0.39 is 0 Å². The fourth-order valence-corrected chi connectivity index (χ4v) is 4.23. The van der Waals surface area contributed by atoms with Crippen LogP contribution in [0, 0.1) is 5.92 Å². The first-order chi connectivity index (χ1) is 12.3. The molecule has 1 atom stereocenters. The zero-order valence-electron chi connectivity index (χ0n) is 15.1. The number of thiophene rings is 1. The molecule has 27 heavy (non-hydrogen) atoms. The Morgan fingerprint density at radius 1 is 1.26 bits per heavy atom. The maximum absolute atomic E-state index is 13.2. The van der Waals surface area contributed by atoms with E-state index in [0.29, 0.717) is 5.92 Å². The molecule has 0 bridgehead atoms. The van der Waals surface area contributed by atoms with Crippen LogP contribution in [0.3, 0.4) is 0 Å². The number of carbonyl (C=O) groups excluding carboxylic acids is 1. The second-order valence-corrected chi connectivity index (χ2v) is 7.46. The van der Waals surface area contributed by atoms with Crippen molar-refractivity contribution in [2.45, 2.75) is 6.42 Å². The number of likely N-dealkylation sites (tertiary alicyclic amines) is 1. The molecule has 2 aromatic heterocycles. The molecular weight excluding hydrogens is 401 g/mol. The lowest BCUT2D eigenvalue weighted by atomic mass is 10.1. The van der Waals surface area contributed by atoms with E-state index in [1.54, 1.807) is 11.3 Å². The smallest absolute Gasteiger partial charge is 0.254 e. The number of aromatic nitrogens is 1. The first-order valence-electron chi connectivity index (χ1n) is 8.64. The topological polar surface area (TPSA) is 45.2 Å². The Labute approximate surface area is 175 Å². The number of benzene rings is 1. The molecule has 1 saturated heterocycles. The van der Waals surface area contributed by atoms with E-state index in [1.807, 2.05) is 53.7 Å². The van der Waals surface area contributed by atoms with Gasteiger partial charge in [0, 0.05) is 18.5 Å². The Balaban J connectivity index is 0.00000131. The van der Waals surface area contributed by atoms with Crippen molar-refractivity contribution in [2.24, 2.45) is 5.92 Å². The predicted molar refractivity (Wildman–Crippen MR) is 117 cm³/mol. The maximum Gasteiger partial charge on any atom is 0.254 e. The molecule has 1 aliphatic rings. The number of rotatable bonds is 4. The minimum atomic E-state index is 0. The van der Waals surface area contributed by atoms with E-state index in [-0.39, 0.29) is 30.7 Å². The molecular formula is C20H23Cl2N3OS. The van der Waals surface area contributed by atoms with E-state index in [1.165, 1.54) is 0 Å². The van der Waals surface area contributed by atoms with Gasteiger partial charge in [-0.3, -0.25) is 4.79 Å². The summed E-state index contributed by atoms with van der Waals surface area (Å²) < 4.78 is 0. The minimum Gasteiger partial charge on any atom is -0.338 e. The summed E-state index contributed by atoms with van der Waals surface area (Å²) in [5.41, 5.74) is 2.52. The molecule has 0 saturated carbocycles. The zero-order chi connectivity index (χ0) is 17.2. The molecule has 1 fully saturated rings. The van der Waals surface area contributed by atoms with Crippen molar-refractivity contribution in [3.8, 4) is 10.6 Å². The summed E-state index contributed by atoms with van der Waals surface area (Å²) >= 11 is 1.65. The van der Waals surface area contributed by atoms with Gasteiger partial charge in [-0.25, -0.2) is 4.98 Å². The molecule has 0 radical (unpaired) electrons. The van der Waals surface area contributed by atoms with Gasteiger partial charge in [0.2, 0.25) is 0 Å². The van der Waals surface area contributed by atoms with Crippen molar-refractivity contribution in [1.29, 1.82) is 0 Å². The van der Waals surface area contributed by atoms with Crippen LogP contribution in [0.5, 0.6) is 0 Å². The fourth-order valence-electron chi connectivity index (χ4n) is 3.55. The van der Waals surface area contributed by atoms with Gasteiger partial charge in [-0.2, -0.15) is 0 Å². The van der Waals surface area contributed by atoms with Gasteiger partial charge in [-0.15, -0.1) is 36.2 Å². The van der Waals surface area contributed by atoms with Crippen LogP contribution in [-0.2, 0) is 0 Å². The number of hydrogen-bond donors (Lipinski definition) is 1. The van der Waals surface area contributed by atoms with E-state index >= 15 is 0 Å². The number of halogens is 2. The van der Waals surface area contributed by atoms with Crippen LogP contribution in [0.25, 0.3) is 21.5 Å². The number of fused-ring (bicyclic) bond motifs is 1. The highest BCUT2D eigenvalue weighted by Gasteiger charge is 2.27. The summed E-state index contributed by atoms with van der Waals surface area (Å²) in [6, 6.07) is 13.9.